The number of carbonyl (C=O) groups excluding carboxylic acids is 1. The van der Waals surface area contributed by atoms with Crippen molar-refractivity contribution in [1.29, 1.82) is 0 Å². The molecule has 2 N–H and O–H groups in total. The molecule has 132 valence electrons. The molecule has 1 saturated heterocycles. The molecule has 1 aliphatic heterocycles. The Morgan fingerprint density at radius 2 is 2.13 bits per heavy atom. The highest BCUT2D eigenvalue weighted by molar-refractivity contribution is 5.85. The highest BCUT2D eigenvalue weighted by Crippen LogP contribution is 2.28. The number of hydrogen-bond acceptors (Lipinski definition) is 4. The Morgan fingerprint density at radius 3 is 2.70 bits per heavy atom. The molecule has 2 rings (SSSR count). The fourth-order valence-corrected chi connectivity index (χ4v) is 2.85. The summed E-state index contributed by atoms with van der Waals surface area (Å²) in [5.74, 6) is -0.128. The molecule has 2 heterocycles. The first-order valence-electron chi connectivity index (χ1n) is 7.54. The highest BCUT2D eigenvalue weighted by atomic mass is 35.5. The molecule has 0 saturated carbocycles. The number of halogens is 2. The number of amides is 1. The molecule has 1 aliphatic rings. The van der Waals surface area contributed by atoms with Crippen LogP contribution in [-0.4, -0.2) is 44.2 Å². The summed E-state index contributed by atoms with van der Waals surface area (Å²) in [6, 6.07) is 3.80. The van der Waals surface area contributed by atoms with E-state index >= 15 is 0 Å². The number of ether oxygens (including phenoxy) is 1. The van der Waals surface area contributed by atoms with E-state index in [0.29, 0.717) is 13.2 Å². The van der Waals surface area contributed by atoms with Crippen LogP contribution in [0.2, 0.25) is 0 Å². The molecule has 1 amide bonds. The summed E-state index contributed by atoms with van der Waals surface area (Å²) < 4.78 is 5.37. The minimum atomic E-state index is -0.181. The lowest BCUT2D eigenvalue weighted by molar-refractivity contribution is -0.123. The number of nitrogens with zero attached hydrogens (tertiary/aromatic N) is 1. The quantitative estimate of drug-likeness (QED) is 0.812. The van der Waals surface area contributed by atoms with Gasteiger partial charge >= 0.3 is 0 Å². The number of nitrogens with one attached hydrogen (secondary N) is 2. The highest BCUT2D eigenvalue weighted by Gasteiger charge is 2.33. The maximum atomic E-state index is 12.3. The average molecular weight is 364 g/mol. The summed E-state index contributed by atoms with van der Waals surface area (Å²) >= 11 is 0. The van der Waals surface area contributed by atoms with Gasteiger partial charge in [0, 0.05) is 31.5 Å². The van der Waals surface area contributed by atoms with Crippen molar-refractivity contribution in [2.24, 2.45) is 5.41 Å². The van der Waals surface area contributed by atoms with Gasteiger partial charge in [0.15, 0.2) is 0 Å². The SMILES string of the molecule is COCC1(CNC(=O)C(C)c2cccnc2)CCNCC1.Cl.Cl. The van der Waals surface area contributed by atoms with Gasteiger partial charge in [0.25, 0.3) is 0 Å². The Bertz CT molecular complexity index is 448. The Balaban J connectivity index is 0.00000242. The summed E-state index contributed by atoms with van der Waals surface area (Å²) in [6.07, 6.45) is 5.53. The number of methoxy groups -OCH3 is 1. The maximum absolute atomic E-state index is 12.3. The Kier molecular flexibility index (Phi) is 10.4. The van der Waals surface area contributed by atoms with E-state index in [0.717, 1.165) is 31.5 Å². The van der Waals surface area contributed by atoms with Gasteiger partial charge in [-0.1, -0.05) is 6.07 Å². The largest absolute Gasteiger partial charge is 0.384 e. The smallest absolute Gasteiger partial charge is 0.227 e. The molecular weight excluding hydrogens is 337 g/mol. The predicted molar refractivity (Wildman–Crippen MR) is 96.6 cm³/mol. The van der Waals surface area contributed by atoms with E-state index in [2.05, 4.69) is 15.6 Å². The Labute approximate surface area is 150 Å². The van der Waals surface area contributed by atoms with Crippen molar-refractivity contribution in [3.8, 4) is 0 Å². The van der Waals surface area contributed by atoms with Gasteiger partial charge in [0.1, 0.15) is 0 Å². The summed E-state index contributed by atoms with van der Waals surface area (Å²) in [4.78, 5) is 16.4. The maximum Gasteiger partial charge on any atom is 0.227 e. The van der Waals surface area contributed by atoms with E-state index in [1.165, 1.54) is 0 Å². The van der Waals surface area contributed by atoms with Crippen molar-refractivity contribution in [2.75, 3.05) is 33.4 Å². The minimum Gasteiger partial charge on any atom is -0.384 e. The second kappa shape index (κ2) is 10.8. The van der Waals surface area contributed by atoms with Crippen molar-refractivity contribution < 1.29 is 9.53 Å². The van der Waals surface area contributed by atoms with Crippen molar-refractivity contribution in [2.45, 2.75) is 25.7 Å². The Morgan fingerprint density at radius 1 is 1.43 bits per heavy atom. The number of rotatable bonds is 6. The average Bonchev–Trinajstić information content (AvgIpc) is 2.54. The molecule has 0 aromatic carbocycles. The van der Waals surface area contributed by atoms with Gasteiger partial charge in [-0.15, -0.1) is 24.8 Å². The third kappa shape index (κ3) is 6.26. The molecule has 0 spiro atoms. The number of aromatic nitrogens is 1. The fraction of sp³-hybridized carbons (Fsp3) is 0.625. The van der Waals surface area contributed by atoms with Crippen LogP contribution in [0.1, 0.15) is 31.2 Å². The summed E-state index contributed by atoms with van der Waals surface area (Å²) in [5.41, 5.74) is 1.01. The van der Waals surface area contributed by atoms with E-state index in [1.54, 1.807) is 19.5 Å². The number of hydrogen-bond donors (Lipinski definition) is 2. The predicted octanol–water partition coefficient (Wildman–Crippen LogP) is 2.16. The molecule has 5 nitrogen and oxygen atoms in total. The first-order chi connectivity index (χ1) is 10.2. The van der Waals surface area contributed by atoms with Crippen LogP contribution in [0.3, 0.4) is 0 Å². The molecule has 23 heavy (non-hydrogen) atoms. The lowest BCUT2D eigenvalue weighted by Crippen LogP contribution is -2.47. The van der Waals surface area contributed by atoms with E-state index in [-0.39, 0.29) is 42.1 Å². The molecular formula is C16H27Cl2N3O2. The first kappa shape index (κ1) is 22.1. The molecule has 0 aliphatic carbocycles. The minimum absolute atomic E-state index is 0. The summed E-state index contributed by atoms with van der Waals surface area (Å²) in [7, 11) is 1.73. The van der Waals surface area contributed by atoms with Gasteiger partial charge in [0.05, 0.1) is 12.5 Å². The van der Waals surface area contributed by atoms with Crippen LogP contribution >= 0.6 is 24.8 Å². The van der Waals surface area contributed by atoms with Crippen LogP contribution in [0.4, 0.5) is 0 Å². The first-order valence-corrected chi connectivity index (χ1v) is 7.54. The fourth-order valence-electron chi connectivity index (χ4n) is 2.85. The standard InChI is InChI=1S/C16H25N3O2.2ClH/c1-13(14-4-3-7-18-10-14)15(20)19-11-16(12-21-2)5-8-17-9-6-16;;/h3-4,7,10,13,17H,5-6,8-9,11-12H2,1-2H3,(H,19,20);2*1H. The van der Waals surface area contributed by atoms with Gasteiger partial charge in [-0.2, -0.15) is 0 Å². The summed E-state index contributed by atoms with van der Waals surface area (Å²) in [5, 5.41) is 6.46. The molecule has 0 bridgehead atoms. The third-order valence-electron chi connectivity index (χ3n) is 4.33. The molecule has 1 fully saturated rings. The monoisotopic (exact) mass is 363 g/mol. The zero-order valence-electron chi connectivity index (χ0n) is 13.7. The molecule has 7 heteroatoms. The van der Waals surface area contributed by atoms with Crippen molar-refractivity contribution in [1.82, 2.24) is 15.6 Å². The molecule has 1 atom stereocenters. The summed E-state index contributed by atoms with van der Waals surface area (Å²) in [6.45, 7) is 5.24. The molecule has 1 aromatic rings. The zero-order valence-corrected chi connectivity index (χ0v) is 15.3. The van der Waals surface area contributed by atoms with Crippen LogP contribution in [0.25, 0.3) is 0 Å². The van der Waals surface area contributed by atoms with E-state index < -0.39 is 0 Å². The third-order valence-corrected chi connectivity index (χ3v) is 4.33. The van der Waals surface area contributed by atoms with Crippen molar-refractivity contribution >= 4 is 30.7 Å². The van der Waals surface area contributed by atoms with Gasteiger partial charge in [-0.05, 0) is 44.5 Å². The lowest BCUT2D eigenvalue weighted by atomic mass is 9.79. The van der Waals surface area contributed by atoms with Crippen molar-refractivity contribution in [3.63, 3.8) is 0 Å². The molecule has 1 aromatic heterocycles. The van der Waals surface area contributed by atoms with E-state index in [4.69, 9.17) is 4.74 Å². The van der Waals surface area contributed by atoms with Gasteiger partial charge < -0.3 is 15.4 Å². The topological polar surface area (TPSA) is 63.2 Å². The second-order valence-electron chi connectivity index (χ2n) is 5.91. The van der Waals surface area contributed by atoms with E-state index in [9.17, 15) is 4.79 Å². The van der Waals surface area contributed by atoms with Crippen LogP contribution in [0, 0.1) is 5.41 Å². The van der Waals surface area contributed by atoms with Crippen LogP contribution in [0.5, 0.6) is 0 Å². The van der Waals surface area contributed by atoms with Crippen LogP contribution in [0.15, 0.2) is 24.5 Å². The second-order valence-corrected chi connectivity index (χ2v) is 5.91. The zero-order chi connectivity index (χ0) is 15.1. The van der Waals surface area contributed by atoms with Gasteiger partial charge in [-0.25, -0.2) is 0 Å². The van der Waals surface area contributed by atoms with Crippen molar-refractivity contribution in [3.05, 3.63) is 30.1 Å². The normalized spacial score (nSPS) is 17.3. The number of pyridine rings is 1. The molecule has 1 unspecified atom stereocenters. The number of carbonyl (C=O) groups is 1. The van der Waals surface area contributed by atoms with Crippen LogP contribution < -0.4 is 10.6 Å². The lowest BCUT2D eigenvalue weighted by Gasteiger charge is -2.37. The molecule has 0 radical (unpaired) electrons. The van der Waals surface area contributed by atoms with Gasteiger partial charge in [0.2, 0.25) is 5.91 Å². The van der Waals surface area contributed by atoms with Gasteiger partial charge in [-0.3, -0.25) is 9.78 Å². The van der Waals surface area contributed by atoms with Crippen LogP contribution in [-0.2, 0) is 9.53 Å². The van der Waals surface area contributed by atoms with E-state index in [1.807, 2.05) is 19.1 Å². The Hall–Kier alpha value is -0.880. The number of piperidine rings is 1.